The van der Waals surface area contributed by atoms with Crippen molar-refractivity contribution in [2.24, 2.45) is 0 Å². The van der Waals surface area contributed by atoms with E-state index in [0.717, 1.165) is 65.5 Å². The minimum absolute atomic E-state index is 0.381. The van der Waals surface area contributed by atoms with Crippen molar-refractivity contribution in [1.82, 2.24) is 20.2 Å². The molecule has 0 aliphatic rings. The summed E-state index contributed by atoms with van der Waals surface area (Å²) in [6, 6.07) is 15.9. The van der Waals surface area contributed by atoms with Crippen LogP contribution in [0.1, 0.15) is 37.9 Å². The number of aromatic amines is 2. The molecule has 2 aromatic heterocycles. The summed E-state index contributed by atoms with van der Waals surface area (Å²) in [4.78, 5) is 8.30. The average Bonchev–Trinajstić information content (AvgIpc) is 3.41. The molecule has 4 rings (SSSR count). The number of fused-ring (bicyclic) bond motifs is 1. The maximum Gasteiger partial charge on any atom is 0.129 e. The summed E-state index contributed by atoms with van der Waals surface area (Å²) in [7, 11) is 1.74. The summed E-state index contributed by atoms with van der Waals surface area (Å²) >= 11 is 0. The van der Waals surface area contributed by atoms with Gasteiger partial charge in [0.25, 0.3) is 0 Å². The van der Waals surface area contributed by atoms with E-state index in [1.165, 1.54) is 0 Å². The Hall–Kier alpha value is -3.12. The Morgan fingerprint density at radius 3 is 2.55 bits per heavy atom. The summed E-state index contributed by atoms with van der Waals surface area (Å²) < 4.78 is 11.3. The van der Waals surface area contributed by atoms with E-state index in [-0.39, 0.29) is 0 Å². The number of ether oxygens (including phenoxy) is 2. The first kappa shape index (κ1) is 19.2. The largest absolute Gasteiger partial charge is 0.457 e. The van der Waals surface area contributed by atoms with E-state index < -0.39 is 0 Å². The standard InChI is InChI=1S/C23H26N4O2/c1-3-4-17(12-14-28-2)23-25-21-10-9-19(15-22(21)26-23)29-18-7-5-16(6-8-18)20-11-13-24-27-20/h5-11,13,15,17H,3-4,12,14H2,1-2H3,(H,24,27)(H,25,26). The number of aromatic nitrogens is 4. The van der Waals surface area contributed by atoms with Crippen LogP contribution in [-0.2, 0) is 4.74 Å². The molecule has 29 heavy (non-hydrogen) atoms. The highest BCUT2D eigenvalue weighted by molar-refractivity contribution is 5.77. The van der Waals surface area contributed by atoms with Gasteiger partial charge in [0.15, 0.2) is 0 Å². The number of nitrogens with one attached hydrogen (secondary N) is 2. The Morgan fingerprint density at radius 1 is 1.00 bits per heavy atom. The minimum atomic E-state index is 0.381. The van der Waals surface area contributed by atoms with Crippen LogP contribution in [0.5, 0.6) is 11.5 Å². The van der Waals surface area contributed by atoms with E-state index >= 15 is 0 Å². The smallest absolute Gasteiger partial charge is 0.129 e. The molecule has 0 spiro atoms. The second-order valence-corrected chi connectivity index (χ2v) is 7.16. The first-order valence-corrected chi connectivity index (χ1v) is 10.0. The lowest BCUT2D eigenvalue weighted by Crippen LogP contribution is -2.04. The lowest BCUT2D eigenvalue weighted by atomic mass is 10.00. The SMILES string of the molecule is CCCC(CCOC)c1nc2cc(Oc3ccc(-c4ccn[nH]4)cc3)ccc2[nH]1. The Balaban J connectivity index is 1.51. The summed E-state index contributed by atoms with van der Waals surface area (Å²) in [5, 5.41) is 6.95. The second kappa shape index (κ2) is 8.92. The van der Waals surface area contributed by atoms with Gasteiger partial charge in [0.05, 0.1) is 16.7 Å². The molecule has 0 radical (unpaired) electrons. The predicted octanol–water partition coefficient (Wildman–Crippen LogP) is 5.67. The number of benzene rings is 2. The van der Waals surface area contributed by atoms with E-state index in [0.29, 0.717) is 5.92 Å². The van der Waals surface area contributed by atoms with Gasteiger partial charge in [-0.3, -0.25) is 5.10 Å². The van der Waals surface area contributed by atoms with Gasteiger partial charge in [-0.2, -0.15) is 5.10 Å². The lowest BCUT2D eigenvalue weighted by molar-refractivity contribution is 0.185. The molecule has 0 saturated carbocycles. The third-order valence-corrected chi connectivity index (χ3v) is 5.07. The summed E-state index contributed by atoms with van der Waals surface area (Å²) in [6.07, 6.45) is 4.92. The Kier molecular flexibility index (Phi) is 5.91. The molecular weight excluding hydrogens is 364 g/mol. The first-order valence-electron chi connectivity index (χ1n) is 10.0. The van der Waals surface area contributed by atoms with Crippen molar-refractivity contribution in [3.05, 3.63) is 60.6 Å². The van der Waals surface area contributed by atoms with Crippen LogP contribution in [0.2, 0.25) is 0 Å². The monoisotopic (exact) mass is 390 g/mol. The van der Waals surface area contributed by atoms with Crippen LogP contribution in [0.4, 0.5) is 0 Å². The second-order valence-electron chi connectivity index (χ2n) is 7.16. The maximum atomic E-state index is 6.04. The van der Waals surface area contributed by atoms with Crippen LogP contribution in [0.15, 0.2) is 54.7 Å². The molecule has 0 aliphatic carbocycles. The van der Waals surface area contributed by atoms with Crippen molar-refractivity contribution >= 4 is 11.0 Å². The fourth-order valence-electron chi connectivity index (χ4n) is 3.54. The van der Waals surface area contributed by atoms with Crippen LogP contribution in [-0.4, -0.2) is 33.9 Å². The molecule has 1 unspecified atom stereocenters. The fourth-order valence-corrected chi connectivity index (χ4v) is 3.54. The van der Waals surface area contributed by atoms with Crippen LogP contribution >= 0.6 is 0 Å². The number of hydrogen-bond donors (Lipinski definition) is 2. The van der Waals surface area contributed by atoms with Crippen molar-refractivity contribution in [2.75, 3.05) is 13.7 Å². The number of H-pyrrole nitrogens is 2. The van der Waals surface area contributed by atoms with Gasteiger partial charge < -0.3 is 14.5 Å². The summed E-state index contributed by atoms with van der Waals surface area (Å²) in [5.74, 6) is 2.97. The highest BCUT2D eigenvalue weighted by atomic mass is 16.5. The zero-order chi connectivity index (χ0) is 20.1. The lowest BCUT2D eigenvalue weighted by Gasteiger charge is -2.12. The van der Waals surface area contributed by atoms with Crippen LogP contribution < -0.4 is 4.74 Å². The van der Waals surface area contributed by atoms with Gasteiger partial charge in [0.2, 0.25) is 0 Å². The highest BCUT2D eigenvalue weighted by Gasteiger charge is 2.15. The molecule has 0 aliphatic heterocycles. The zero-order valence-corrected chi connectivity index (χ0v) is 16.8. The van der Waals surface area contributed by atoms with Crippen molar-refractivity contribution in [3.63, 3.8) is 0 Å². The molecule has 0 fully saturated rings. The third-order valence-electron chi connectivity index (χ3n) is 5.07. The highest BCUT2D eigenvalue weighted by Crippen LogP contribution is 2.29. The number of nitrogens with zero attached hydrogens (tertiary/aromatic N) is 2. The number of rotatable bonds is 9. The van der Waals surface area contributed by atoms with Gasteiger partial charge in [-0.15, -0.1) is 0 Å². The van der Waals surface area contributed by atoms with Crippen LogP contribution in [0, 0.1) is 0 Å². The summed E-state index contributed by atoms with van der Waals surface area (Å²) in [6.45, 7) is 2.94. The molecule has 6 heteroatoms. The van der Waals surface area contributed by atoms with E-state index in [4.69, 9.17) is 14.5 Å². The van der Waals surface area contributed by atoms with Gasteiger partial charge in [0, 0.05) is 31.9 Å². The van der Waals surface area contributed by atoms with Crippen LogP contribution in [0.25, 0.3) is 22.3 Å². The van der Waals surface area contributed by atoms with Gasteiger partial charge in [-0.05, 0) is 60.9 Å². The molecule has 0 bridgehead atoms. The zero-order valence-electron chi connectivity index (χ0n) is 16.8. The van der Waals surface area contributed by atoms with E-state index in [1.807, 2.05) is 48.5 Å². The van der Waals surface area contributed by atoms with Crippen LogP contribution in [0.3, 0.4) is 0 Å². The van der Waals surface area contributed by atoms with Gasteiger partial charge in [-0.1, -0.05) is 13.3 Å². The molecule has 0 amide bonds. The number of methoxy groups -OCH3 is 1. The van der Waals surface area contributed by atoms with Crippen molar-refractivity contribution in [2.45, 2.75) is 32.1 Å². The first-order chi connectivity index (χ1) is 14.3. The molecule has 6 nitrogen and oxygen atoms in total. The molecular formula is C23H26N4O2. The van der Waals surface area contributed by atoms with Crippen molar-refractivity contribution < 1.29 is 9.47 Å². The predicted molar refractivity (Wildman–Crippen MR) is 114 cm³/mol. The Morgan fingerprint density at radius 2 is 1.83 bits per heavy atom. The Bertz CT molecular complexity index is 1040. The van der Waals surface area contributed by atoms with E-state index in [9.17, 15) is 0 Å². The quantitative estimate of drug-likeness (QED) is 0.386. The molecule has 0 saturated heterocycles. The normalized spacial score (nSPS) is 12.3. The molecule has 1 atom stereocenters. The van der Waals surface area contributed by atoms with Crippen molar-refractivity contribution in [1.29, 1.82) is 0 Å². The Labute approximate surface area is 170 Å². The molecule has 2 aromatic carbocycles. The average molecular weight is 390 g/mol. The minimum Gasteiger partial charge on any atom is -0.457 e. The van der Waals surface area contributed by atoms with Crippen molar-refractivity contribution in [3.8, 4) is 22.8 Å². The molecule has 2 heterocycles. The van der Waals surface area contributed by atoms with Gasteiger partial charge >= 0.3 is 0 Å². The maximum absolute atomic E-state index is 6.04. The number of imidazole rings is 1. The molecule has 2 N–H and O–H groups in total. The van der Waals surface area contributed by atoms with Gasteiger partial charge in [0.1, 0.15) is 17.3 Å². The topological polar surface area (TPSA) is 75.8 Å². The third kappa shape index (κ3) is 4.49. The number of hydrogen-bond acceptors (Lipinski definition) is 4. The molecule has 4 aromatic rings. The fraction of sp³-hybridized carbons (Fsp3) is 0.304. The molecule has 150 valence electrons. The van der Waals surface area contributed by atoms with E-state index in [2.05, 4.69) is 22.1 Å². The van der Waals surface area contributed by atoms with Gasteiger partial charge in [-0.25, -0.2) is 4.98 Å². The van der Waals surface area contributed by atoms with E-state index in [1.54, 1.807) is 13.3 Å². The summed E-state index contributed by atoms with van der Waals surface area (Å²) in [5.41, 5.74) is 4.00.